The molecule has 0 amide bonds. The monoisotopic (exact) mass is 298 g/mol. The van der Waals surface area contributed by atoms with Crippen molar-refractivity contribution in [2.75, 3.05) is 7.11 Å². The SMILES string of the molecule is COC(=O)c1ccc(Cc2cccc([Si](C)(C)C)c2)cc1. The van der Waals surface area contributed by atoms with Crippen LogP contribution in [0.3, 0.4) is 0 Å². The van der Waals surface area contributed by atoms with Crippen LogP contribution in [-0.2, 0) is 11.2 Å². The summed E-state index contributed by atoms with van der Waals surface area (Å²) in [4.78, 5) is 11.4. The molecule has 2 aromatic carbocycles. The van der Waals surface area contributed by atoms with Gasteiger partial charge in [-0.15, -0.1) is 0 Å². The molecule has 0 heterocycles. The molecule has 0 N–H and O–H groups in total. The average Bonchev–Trinajstić information content (AvgIpc) is 2.47. The van der Waals surface area contributed by atoms with Gasteiger partial charge in [-0.05, 0) is 29.7 Å². The molecule has 110 valence electrons. The van der Waals surface area contributed by atoms with Gasteiger partial charge in [-0.2, -0.15) is 0 Å². The van der Waals surface area contributed by atoms with Crippen LogP contribution in [0.25, 0.3) is 0 Å². The molecule has 0 radical (unpaired) electrons. The number of hydrogen-bond donors (Lipinski definition) is 0. The molecule has 0 atom stereocenters. The number of esters is 1. The Kier molecular flexibility index (Phi) is 4.63. The van der Waals surface area contributed by atoms with Crippen molar-refractivity contribution in [3.05, 3.63) is 65.2 Å². The molecule has 0 saturated heterocycles. The van der Waals surface area contributed by atoms with E-state index in [2.05, 4.69) is 43.9 Å². The molecule has 0 unspecified atom stereocenters. The molecular weight excluding hydrogens is 276 g/mol. The standard InChI is InChI=1S/C18H22O2Si/c1-20-18(19)16-10-8-14(9-11-16)12-15-6-5-7-17(13-15)21(2,3)4/h5-11,13H,12H2,1-4H3. The molecule has 0 spiro atoms. The molecule has 0 aromatic heterocycles. The quantitative estimate of drug-likeness (QED) is 0.637. The van der Waals surface area contributed by atoms with Crippen LogP contribution >= 0.6 is 0 Å². The van der Waals surface area contributed by atoms with E-state index < -0.39 is 8.07 Å². The fourth-order valence-corrected chi connectivity index (χ4v) is 3.47. The van der Waals surface area contributed by atoms with E-state index in [4.69, 9.17) is 4.74 Å². The lowest BCUT2D eigenvalue weighted by Crippen LogP contribution is -2.37. The third-order valence-electron chi connectivity index (χ3n) is 3.58. The van der Waals surface area contributed by atoms with E-state index in [0.29, 0.717) is 5.56 Å². The zero-order valence-electron chi connectivity index (χ0n) is 13.1. The van der Waals surface area contributed by atoms with Gasteiger partial charge in [0, 0.05) is 0 Å². The van der Waals surface area contributed by atoms with E-state index in [-0.39, 0.29) is 5.97 Å². The Morgan fingerprint density at radius 1 is 1.00 bits per heavy atom. The van der Waals surface area contributed by atoms with Gasteiger partial charge >= 0.3 is 5.97 Å². The second kappa shape index (κ2) is 6.27. The van der Waals surface area contributed by atoms with Crippen molar-refractivity contribution in [1.82, 2.24) is 0 Å². The van der Waals surface area contributed by atoms with Crippen LogP contribution in [0.15, 0.2) is 48.5 Å². The molecule has 0 fully saturated rings. The van der Waals surface area contributed by atoms with Crippen molar-refractivity contribution < 1.29 is 9.53 Å². The summed E-state index contributed by atoms with van der Waals surface area (Å²) in [6.07, 6.45) is 0.889. The summed E-state index contributed by atoms with van der Waals surface area (Å²) in [5.41, 5.74) is 3.12. The number of rotatable bonds is 4. The van der Waals surface area contributed by atoms with Gasteiger partial charge < -0.3 is 4.74 Å². The maximum Gasteiger partial charge on any atom is 0.337 e. The molecule has 2 rings (SSSR count). The highest BCUT2D eigenvalue weighted by Gasteiger charge is 2.16. The van der Waals surface area contributed by atoms with E-state index in [0.717, 1.165) is 6.42 Å². The molecular formula is C18H22O2Si. The Labute approximate surface area is 127 Å². The van der Waals surface area contributed by atoms with Crippen LogP contribution in [-0.4, -0.2) is 21.2 Å². The van der Waals surface area contributed by atoms with Gasteiger partial charge in [-0.25, -0.2) is 4.79 Å². The molecule has 0 saturated carbocycles. The topological polar surface area (TPSA) is 26.3 Å². The summed E-state index contributed by atoms with van der Waals surface area (Å²) in [5, 5.41) is 1.48. The Morgan fingerprint density at radius 3 is 2.24 bits per heavy atom. The lowest BCUT2D eigenvalue weighted by Gasteiger charge is -2.17. The average molecular weight is 298 g/mol. The Balaban J connectivity index is 2.17. The van der Waals surface area contributed by atoms with E-state index in [1.807, 2.05) is 24.3 Å². The third kappa shape index (κ3) is 4.05. The minimum Gasteiger partial charge on any atom is -0.465 e. The van der Waals surface area contributed by atoms with E-state index in [1.54, 1.807) is 0 Å². The first-order chi connectivity index (χ1) is 9.90. The van der Waals surface area contributed by atoms with Crippen molar-refractivity contribution in [2.24, 2.45) is 0 Å². The van der Waals surface area contributed by atoms with E-state index in [1.165, 1.54) is 23.4 Å². The first kappa shape index (κ1) is 15.5. The highest BCUT2D eigenvalue weighted by atomic mass is 28.3. The van der Waals surface area contributed by atoms with Crippen LogP contribution in [0.5, 0.6) is 0 Å². The predicted molar refractivity (Wildman–Crippen MR) is 90.0 cm³/mol. The van der Waals surface area contributed by atoms with Gasteiger partial charge in [0.05, 0.1) is 20.7 Å². The summed E-state index contributed by atoms with van der Waals surface area (Å²) in [5.74, 6) is -0.290. The fraction of sp³-hybridized carbons (Fsp3) is 0.278. The second-order valence-corrected chi connectivity index (χ2v) is 11.4. The fourth-order valence-electron chi connectivity index (χ4n) is 2.26. The third-order valence-corrected chi connectivity index (χ3v) is 5.62. The predicted octanol–water partition coefficient (Wildman–Crippen LogP) is 3.61. The molecule has 0 aliphatic heterocycles. The molecule has 2 nitrogen and oxygen atoms in total. The number of carbonyl (C=O) groups excluding carboxylic acids is 1. The lowest BCUT2D eigenvalue weighted by molar-refractivity contribution is 0.0600. The van der Waals surface area contributed by atoms with Crippen molar-refractivity contribution in [3.63, 3.8) is 0 Å². The number of carbonyl (C=O) groups is 1. The molecule has 2 aromatic rings. The Hall–Kier alpha value is -1.87. The second-order valence-electron chi connectivity index (χ2n) is 6.32. The molecule has 3 heteroatoms. The molecule has 0 aliphatic carbocycles. The van der Waals surface area contributed by atoms with Crippen LogP contribution < -0.4 is 5.19 Å². The number of methoxy groups -OCH3 is 1. The van der Waals surface area contributed by atoms with Gasteiger partial charge in [-0.3, -0.25) is 0 Å². The highest BCUT2D eigenvalue weighted by molar-refractivity contribution is 6.88. The largest absolute Gasteiger partial charge is 0.465 e. The van der Waals surface area contributed by atoms with E-state index >= 15 is 0 Å². The molecule has 0 aliphatic rings. The number of benzene rings is 2. The van der Waals surface area contributed by atoms with Crippen molar-refractivity contribution >= 4 is 19.2 Å². The van der Waals surface area contributed by atoms with Gasteiger partial charge in [-0.1, -0.05) is 61.2 Å². The van der Waals surface area contributed by atoms with Gasteiger partial charge in [0.25, 0.3) is 0 Å². The maximum atomic E-state index is 11.4. The Morgan fingerprint density at radius 2 is 1.67 bits per heavy atom. The van der Waals surface area contributed by atoms with E-state index in [9.17, 15) is 4.79 Å². The van der Waals surface area contributed by atoms with Crippen LogP contribution in [0.4, 0.5) is 0 Å². The Bertz CT molecular complexity index is 624. The maximum absolute atomic E-state index is 11.4. The molecule has 0 bridgehead atoms. The van der Waals surface area contributed by atoms with Gasteiger partial charge in [0.1, 0.15) is 0 Å². The summed E-state index contributed by atoms with van der Waals surface area (Å²) in [6.45, 7) is 7.08. The number of hydrogen-bond acceptors (Lipinski definition) is 2. The minimum absolute atomic E-state index is 0.290. The normalized spacial score (nSPS) is 11.2. The highest BCUT2D eigenvalue weighted by Crippen LogP contribution is 2.12. The zero-order chi connectivity index (χ0) is 15.5. The van der Waals surface area contributed by atoms with Crippen LogP contribution in [0.2, 0.25) is 19.6 Å². The minimum atomic E-state index is -1.27. The summed E-state index contributed by atoms with van der Waals surface area (Å²) < 4.78 is 4.71. The summed E-state index contributed by atoms with van der Waals surface area (Å²) >= 11 is 0. The lowest BCUT2D eigenvalue weighted by atomic mass is 10.0. The van der Waals surface area contributed by atoms with Crippen LogP contribution in [0.1, 0.15) is 21.5 Å². The van der Waals surface area contributed by atoms with Gasteiger partial charge in [0.2, 0.25) is 0 Å². The first-order valence-electron chi connectivity index (χ1n) is 7.17. The van der Waals surface area contributed by atoms with Crippen molar-refractivity contribution in [3.8, 4) is 0 Å². The van der Waals surface area contributed by atoms with Crippen molar-refractivity contribution in [1.29, 1.82) is 0 Å². The zero-order valence-corrected chi connectivity index (χ0v) is 14.1. The molecule has 21 heavy (non-hydrogen) atoms. The van der Waals surface area contributed by atoms with Gasteiger partial charge in [0.15, 0.2) is 0 Å². The summed E-state index contributed by atoms with van der Waals surface area (Å²) in [7, 11) is 0.129. The van der Waals surface area contributed by atoms with Crippen molar-refractivity contribution in [2.45, 2.75) is 26.1 Å². The first-order valence-corrected chi connectivity index (χ1v) is 10.7. The summed E-state index contributed by atoms with van der Waals surface area (Å²) in [6, 6.07) is 16.5. The smallest absolute Gasteiger partial charge is 0.337 e. The van der Waals surface area contributed by atoms with Crippen LogP contribution in [0, 0.1) is 0 Å². The number of ether oxygens (including phenoxy) is 1.